The second-order valence-corrected chi connectivity index (χ2v) is 2.71. The van der Waals surface area contributed by atoms with Gasteiger partial charge in [-0.25, -0.2) is 0 Å². The van der Waals surface area contributed by atoms with Crippen molar-refractivity contribution in [2.45, 2.75) is 26.2 Å². The van der Waals surface area contributed by atoms with Gasteiger partial charge in [-0.1, -0.05) is 13.3 Å². The SMILES string of the molecule is COC(=O)C(C)CCCCN.Cl. The highest BCUT2D eigenvalue weighted by atomic mass is 35.5. The van der Waals surface area contributed by atoms with Gasteiger partial charge in [0.05, 0.1) is 13.0 Å². The maximum Gasteiger partial charge on any atom is 0.308 e. The minimum atomic E-state index is -0.123. The van der Waals surface area contributed by atoms with Gasteiger partial charge in [0.25, 0.3) is 0 Å². The van der Waals surface area contributed by atoms with Crippen molar-refractivity contribution in [3.8, 4) is 0 Å². The van der Waals surface area contributed by atoms with Crippen LogP contribution in [-0.2, 0) is 9.53 Å². The molecule has 0 aromatic carbocycles. The predicted octanol–water partition coefficient (Wildman–Crippen LogP) is 1.35. The molecule has 4 heteroatoms. The minimum absolute atomic E-state index is 0. The quantitative estimate of drug-likeness (QED) is 0.532. The monoisotopic (exact) mass is 195 g/mol. The van der Waals surface area contributed by atoms with Crippen LogP contribution in [0, 0.1) is 5.92 Å². The summed E-state index contributed by atoms with van der Waals surface area (Å²) in [5.41, 5.74) is 5.31. The summed E-state index contributed by atoms with van der Waals surface area (Å²) in [6.07, 6.45) is 2.87. The van der Waals surface area contributed by atoms with Crippen LogP contribution in [0.3, 0.4) is 0 Å². The van der Waals surface area contributed by atoms with E-state index in [1.165, 1.54) is 7.11 Å². The number of methoxy groups -OCH3 is 1. The number of unbranched alkanes of at least 4 members (excludes halogenated alkanes) is 1. The molecule has 0 aliphatic rings. The minimum Gasteiger partial charge on any atom is -0.469 e. The van der Waals surface area contributed by atoms with Gasteiger partial charge in [-0.3, -0.25) is 4.79 Å². The van der Waals surface area contributed by atoms with Crippen molar-refractivity contribution in [1.29, 1.82) is 0 Å². The summed E-state index contributed by atoms with van der Waals surface area (Å²) in [5.74, 6) is -0.103. The lowest BCUT2D eigenvalue weighted by molar-refractivity contribution is -0.145. The number of carbonyl (C=O) groups is 1. The van der Waals surface area contributed by atoms with Crippen molar-refractivity contribution in [3.63, 3.8) is 0 Å². The number of nitrogens with two attached hydrogens (primary N) is 1. The van der Waals surface area contributed by atoms with Gasteiger partial charge in [-0.05, 0) is 19.4 Å². The molecular formula is C8H18ClNO2. The Morgan fingerprint density at radius 1 is 1.50 bits per heavy atom. The molecule has 0 spiro atoms. The van der Waals surface area contributed by atoms with Crippen LogP contribution in [-0.4, -0.2) is 19.6 Å². The van der Waals surface area contributed by atoms with Crippen molar-refractivity contribution >= 4 is 18.4 Å². The third kappa shape index (κ3) is 6.43. The van der Waals surface area contributed by atoms with Gasteiger partial charge in [0.15, 0.2) is 0 Å². The number of halogens is 1. The van der Waals surface area contributed by atoms with Gasteiger partial charge in [-0.15, -0.1) is 12.4 Å². The molecule has 0 saturated carbocycles. The second kappa shape index (κ2) is 8.81. The number of rotatable bonds is 5. The van der Waals surface area contributed by atoms with Crippen LogP contribution >= 0.6 is 12.4 Å². The molecule has 1 atom stereocenters. The van der Waals surface area contributed by atoms with E-state index >= 15 is 0 Å². The van der Waals surface area contributed by atoms with E-state index in [1.807, 2.05) is 6.92 Å². The predicted molar refractivity (Wildman–Crippen MR) is 51.3 cm³/mol. The lowest BCUT2D eigenvalue weighted by Gasteiger charge is -2.07. The number of esters is 1. The van der Waals surface area contributed by atoms with Crippen LogP contribution < -0.4 is 5.73 Å². The lowest BCUT2D eigenvalue weighted by atomic mass is 10.0. The third-order valence-corrected chi connectivity index (χ3v) is 1.69. The van der Waals surface area contributed by atoms with Crippen LogP contribution in [0.4, 0.5) is 0 Å². The van der Waals surface area contributed by atoms with E-state index in [-0.39, 0.29) is 24.3 Å². The molecule has 0 fully saturated rings. The topological polar surface area (TPSA) is 52.3 Å². The Hall–Kier alpha value is -0.280. The van der Waals surface area contributed by atoms with E-state index in [2.05, 4.69) is 4.74 Å². The molecular weight excluding hydrogens is 178 g/mol. The van der Waals surface area contributed by atoms with E-state index in [9.17, 15) is 4.79 Å². The molecule has 0 radical (unpaired) electrons. The van der Waals surface area contributed by atoms with Crippen LogP contribution in [0.5, 0.6) is 0 Å². The Bertz CT molecular complexity index is 120. The maximum absolute atomic E-state index is 10.9. The largest absolute Gasteiger partial charge is 0.469 e. The highest BCUT2D eigenvalue weighted by Gasteiger charge is 2.11. The maximum atomic E-state index is 10.9. The average molecular weight is 196 g/mol. The fourth-order valence-corrected chi connectivity index (χ4v) is 0.914. The highest BCUT2D eigenvalue weighted by molar-refractivity contribution is 5.85. The van der Waals surface area contributed by atoms with Crippen LogP contribution in [0.25, 0.3) is 0 Å². The van der Waals surface area contributed by atoms with Crippen LogP contribution in [0.15, 0.2) is 0 Å². The Kier molecular flexibility index (Phi) is 10.5. The molecule has 0 bridgehead atoms. The molecule has 74 valence electrons. The zero-order valence-corrected chi connectivity index (χ0v) is 8.52. The summed E-state index contributed by atoms with van der Waals surface area (Å²) >= 11 is 0. The summed E-state index contributed by atoms with van der Waals surface area (Å²) in [6.45, 7) is 2.58. The first-order valence-corrected chi connectivity index (χ1v) is 4.00. The smallest absolute Gasteiger partial charge is 0.308 e. The number of carbonyl (C=O) groups excluding carboxylic acids is 1. The number of hydrogen-bond donors (Lipinski definition) is 1. The molecule has 0 aromatic heterocycles. The van der Waals surface area contributed by atoms with Crippen LogP contribution in [0.1, 0.15) is 26.2 Å². The molecule has 0 aliphatic carbocycles. The molecule has 3 nitrogen and oxygen atoms in total. The zero-order chi connectivity index (χ0) is 8.69. The van der Waals surface area contributed by atoms with Crippen molar-refractivity contribution in [2.24, 2.45) is 11.7 Å². The summed E-state index contributed by atoms with van der Waals surface area (Å²) in [4.78, 5) is 10.9. The molecule has 0 aliphatic heterocycles. The Labute approximate surface area is 80.1 Å². The van der Waals surface area contributed by atoms with Crippen molar-refractivity contribution in [2.75, 3.05) is 13.7 Å². The van der Waals surface area contributed by atoms with Crippen molar-refractivity contribution in [1.82, 2.24) is 0 Å². The summed E-state index contributed by atoms with van der Waals surface area (Å²) in [5, 5.41) is 0. The van der Waals surface area contributed by atoms with Crippen molar-refractivity contribution in [3.05, 3.63) is 0 Å². The third-order valence-electron chi connectivity index (χ3n) is 1.69. The zero-order valence-electron chi connectivity index (χ0n) is 7.71. The second-order valence-electron chi connectivity index (χ2n) is 2.71. The molecule has 0 aromatic rings. The summed E-state index contributed by atoms with van der Waals surface area (Å²) < 4.78 is 4.57. The van der Waals surface area contributed by atoms with E-state index in [4.69, 9.17) is 5.73 Å². The molecule has 0 amide bonds. The van der Waals surface area contributed by atoms with Crippen LogP contribution in [0.2, 0.25) is 0 Å². The first-order valence-electron chi connectivity index (χ1n) is 4.00. The summed E-state index contributed by atoms with van der Waals surface area (Å²) in [6, 6.07) is 0. The Balaban J connectivity index is 0. The van der Waals surface area contributed by atoms with Gasteiger partial charge in [0, 0.05) is 0 Å². The lowest BCUT2D eigenvalue weighted by Crippen LogP contribution is -2.12. The Morgan fingerprint density at radius 2 is 2.08 bits per heavy atom. The summed E-state index contributed by atoms with van der Waals surface area (Å²) in [7, 11) is 1.42. The standard InChI is InChI=1S/C8H17NO2.ClH/c1-7(8(10)11-2)5-3-4-6-9;/h7H,3-6,9H2,1-2H3;1H. The first kappa shape index (κ1) is 14.3. The van der Waals surface area contributed by atoms with Gasteiger partial charge in [-0.2, -0.15) is 0 Å². The molecule has 0 rings (SSSR count). The fourth-order valence-electron chi connectivity index (χ4n) is 0.914. The van der Waals surface area contributed by atoms with Gasteiger partial charge >= 0.3 is 5.97 Å². The first-order chi connectivity index (χ1) is 5.22. The number of ether oxygens (including phenoxy) is 1. The average Bonchev–Trinajstić information content (AvgIpc) is 2.03. The molecule has 0 saturated heterocycles. The highest BCUT2D eigenvalue weighted by Crippen LogP contribution is 2.08. The molecule has 0 heterocycles. The fraction of sp³-hybridized carbons (Fsp3) is 0.875. The van der Waals surface area contributed by atoms with Gasteiger partial charge in [0.2, 0.25) is 0 Å². The molecule has 12 heavy (non-hydrogen) atoms. The number of hydrogen-bond acceptors (Lipinski definition) is 3. The molecule has 1 unspecified atom stereocenters. The van der Waals surface area contributed by atoms with Gasteiger partial charge in [0.1, 0.15) is 0 Å². The molecule has 2 N–H and O–H groups in total. The van der Waals surface area contributed by atoms with E-state index in [1.54, 1.807) is 0 Å². The van der Waals surface area contributed by atoms with E-state index in [0.717, 1.165) is 19.3 Å². The van der Waals surface area contributed by atoms with E-state index in [0.29, 0.717) is 6.54 Å². The van der Waals surface area contributed by atoms with Crippen molar-refractivity contribution < 1.29 is 9.53 Å². The van der Waals surface area contributed by atoms with E-state index < -0.39 is 0 Å². The van der Waals surface area contributed by atoms with Gasteiger partial charge < -0.3 is 10.5 Å². The normalized spacial score (nSPS) is 11.6. The Morgan fingerprint density at radius 3 is 2.50 bits per heavy atom.